The van der Waals surface area contributed by atoms with Crippen LogP contribution in [0.3, 0.4) is 0 Å². The molecule has 12 nitrogen and oxygen atoms in total. The van der Waals surface area contributed by atoms with Gasteiger partial charge < -0.3 is 39.0 Å². The van der Waals surface area contributed by atoms with Gasteiger partial charge in [0, 0.05) is 19.3 Å². The standard InChI is InChI=1S/C63H104O12/c1-4-7-10-13-16-19-22-25-27-28-30-32-34-37-40-43-46-49-55(64)71-52-54(73-56(65)50-47-44-41-38-35-31-24-21-18-15-12-9-6-3)53-72-63-61(59(68)58(67)60(75-63)62(69)70)74-57(66)51-48-45-42-39-36-33-29-26-23-20-17-14-11-8-5-2/h9,12,16-21,25-27,29,31,35,54,58-61,63,67-68H,4-8,10-11,13-15,22-24,28,30,32-34,36-53H2,1-3H3,(H,69,70)/b12-9-,19-16-,20-17-,21-18-,27-25-,29-26-,35-31-. The number of aliphatic hydroxyl groups is 2. The Bertz CT molecular complexity index is 1630. The Morgan fingerprint density at radius 2 is 0.840 bits per heavy atom. The van der Waals surface area contributed by atoms with Crippen molar-refractivity contribution in [2.45, 2.75) is 276 Å². The molecule has 6 unspecified atom stereocenters. The Morgan fingerprint density at radius 1 is 0.453 bits per heavy atom. The van der Waals surface area contributed by atoms with Crippen LogP contribution in [-0.4, -0.2) is 89.2 Å². The van der Waals surface area contributed by atoms with Crippen LogP contribution < -0.4 is 0 Å². The van der Waals surface area contributed by atoms with Crippen molar-refractivity contribution in [3.63, 3.8) is 0 Å². The fraction of sp³-hybridized carbons (Fsp3) is 0.714. The maximum Gasteiger partial charge on any atom is 0.335 e. The lowest BCUT2D eigenvalue weighted by Crippen LogP contribution is -2.61. The Kier molecular flexibility index (Phi) is 46.6. The van der Waals surface area contributed by atoms with Gasteiger partial charge in [0.05, 0.1) is 6.61 Å². The number of esters is 3. The molecule has 0 aromatic rings. The average Bonchev–Trinajstić information content (AvgIpc) is 3.39. The Morgan fingerprint density at radius 3 is 1.29 bits per heavy atom. The third-order valence-electron chi connectivity index (χ3n) is 12.9. The first-order valence-electron chi connectivity index (χ1n) is 29.6. The maximum atomic E-state index is 13.1. The predicted molar refractivity (Wildman–Crippen MR) is 303 cm³/mol. The molecule has 0 aromatic carbocycles. The van der Waals surface area contributed by atoms with Crippen molar-refractivity contribution in [3.8, 4) is 0 Å². The van der Waals surface area contributed by atoms with E-state index in [1.165, 1.54) is 57.8 Å². The minimum atomic E-state index is -1.92. The van der Waals surface area contributed by atoms with Crippen molar-refractivity contribution in [1.29, 1.82) is 0 Å². The molecule has 428 valence electrons. The number of hydrogen-bond acceptors (Lipinski definition) is 11. The van der Waals surface area contributed by atoms with Gasteiger partial charge in [0.1, 0.15) is 18.8 Å². The first-order valence-corrected chi connectivity index (χ1v) is 29.6. The van der Waals surface area contributed by atoms with E-state index in [9.17, 15) is 34.5 Å². The zero-order valence-corrected chi connectivity index (χ0v) is 47.0. The number of carboxylic acids is 1. The minimum Gasteiger partial charge on any atom is -0.479 e. The highest BCUT2D eigenvalue weighted by atomic mass is 16.7. The van der Waals surface area contributed by atoms with Gasteiger partial charge >= 0.3 is 23.9 Å². The molecule has 12 heteroatoms. The summed E-state index contributed by atoms with van der Waals surface area (Å²) in [6.45, 7) is 5.78. The van der Waals surface area contributed by atoms with Crippen LogP contribution in [0.4, 0.5) is 0 Å². The van der Waals surface area contributed by atoms with E-state index >= 15 is 0 Å². The number of aliphatic carboxylic acids is 1. The van der Waals surface area contributed by atoms with E-state index in [1.54, 1.807) is 0 Å². The van der Waals surface area contributed by atoms with Crippen molar-refractivity contribution in [2.75, 3.05) is 13.2 Å². The molecule has 0 amide bonds. The number of unbranched alkanes of at least 4 members (excludes halogenated alkanes) is 21. The van der Waals surface area contributed by atoms with Crippen LogP contribution in [0.15, 0.2) is 85.1 Å². The van der Waals surface area contributed by atoms with Gasteiger partial charge in [-0.3, -0.25) is 14.4 Å². The third kappa shape index (κ3) is 40.8. The molecule has 0 spiro atoms. The number of aliphatic hydroxyl groups excluding tert-OH is 2. The van der Waals surface area contributed by atoms with Gasteiger partial charge in [0.15, 0.2) is 24.6 Å². The summed E-state index contributed by atoms with van der Waals surface area (Å²) in [5, 5.41) is 31.5. The molecule has 0 bridgehead atoms. The van der Waals surface area contributed by atoms with Crippen molar-refractivity contribution in [2.24, 2.45) is 0 Å². The zero-order valence-electron chi connectivity index (χ0n) is 47.0. The Labute approximate surface area is 454 Å². The SMILES string of the molecule is CC/C=C\C/C=C\C/C=C\CCCCCC(=O)OC(COC(=O)CCCCCCCCC/C=C\C/C=C\CCCCC)COC1OC(C(=O)O)C(O)C(O)C1OC(=O)CCCCCCC/C=C\C/C=C\CCCCC. The van der Waals surface area contributed by atoms with E-state index in [0.717, 1.165) is 122 Å². The van der Waals surface area contributed by atoms with Crippen molar-refractivity contribution in [3.05, 3.63) is 85.1 Å². The van der Waals surface area contributed by atoms with Crippen LogP contribution in [0, 0.1) is 0 Å². The molecule has 6 atom stereocenters. The number of rotatable bonds is 49. The monoisotopic (exact) mass is 1050 g/mol. The Hall–Kier alpha value is -4.10. The molecule has 75 heavy (non-hydrogen) atoms. The van der Waals surface area contributed by atoms with Crippen molar-refractivity contribution in [1.82, 2.24) is 0 Å². The highest BCUT2D eigenvalue weighted by molar-refractivity contribution is 5.74. The van der Waals surface area contributed by atoms with Crippen LogP contribution in [-0.2, 0) is 42.9 Å². The number of carboxylic acid groups (broad SMARTS) is 1. The molecule has 1 heterocycles. The molecule has 1 aliphatic rings. The summed E-state index contributed by atoms with van der Waals surface area (Å²) in [6, 6.07) is 0. The lowest BCUT2D eigenvalue weighted by Gasteiger charge is -2.40. The van der Waals surface area contributed by atoms with Crippen molar-refractivity contribution >= 4 is 23.9 Å². The molecule has 1 rings (SSSR count). The number of ether oxygens (including phenoxy) is 5. The van der Waals surface area contributed by atoms with Gasteiger partial charge in [0.2, 0.25) is 0 Å². The Balaban J connectivity index is 2.72. The smallest absolute Gasteiger partial charge is 0.335 e. The normalized spacial score (nSPS) is 18.8. The van der Waals surface area contributed by atoms with E-state index in [4.69, 9.17) is 23.7 Å². The largest absolute Gasteiger partial charge is 0.479 e. The molecule has 3 N–H and O–H groups in total. The lowest BCUT2D eigenvalue weighted by atomic mass is 9.98. The number of hydrogen-bond donors (Lipinski definition) is 3. The van der Waals surface area contributed by atoms with Crippen LogP contribution in [0.2, 0.25) is 0 Å². The van der Waals surface area contributed by atoms with Gasteiger partial charge in [-0.2, -0.15) is 0 Å². The maximum absolute atomic E-state index is 13.1. The summed E-state index contributed by atoms with van der Waals surface area (Å²) in [5.41, 5.74) is 0. The van der Waals surface area contributed by atoms with Crippen LogP contribution in [0.25, 0.3) is 0 Å². The zero-order chi connectivity index (χ0) is 54.7. The predicted octanol–water partition coefficient (Wildman–Crippen LogP) is 15.1. The molecular weight excluding hydrogens is 949 g/mol. The van der Waals surface area contributed by atoms with Gasteiger partial charge in [-0.1, -0.05) is 189 Å². The first kappa shape index (κ1) is 68.9. The second kappa shape index (κ2) is 50.7. The highest BCUT2D eigenvalue weighted by Crippen LogP contribution is 2.26. The van der Waals surface area contributed by atoms with Gasteiger partial charge in [-0.15, -0.1) is 0 Å². The average molecular weight is 1050 g/mol. The third-order valence-corrected chi connectivity index (χ3v) is 12.9. The van der Waals surface area contributed by atoms with E-state index in [-0.39, 0.29) is 25.9 Å². The van der Waals surface area contributed by atoms with Gasteiger partial charge in [-0.05, 0) is 116 Å². The minimum absolute atomic E-state index is 0.0372. The number of carbonyl (C=O) groups excluding carboxylic acids is 3. The molecule has 0 aromatic heterocycles. The number of carbonyl (C=O) groups is 4. The number of allylic oxidation sites excluding steroid dienone is 14. The van der Waals surface area contributed by atoms with E-state index < -0.39 is 67.3 Å². The van der Waals surface area contributed by atoms with E-state index in [2.05, 4.69) is 106 Å². The molecule has 1 saturated heterocycles. The summed E-state index contributed by atoms with van der Waals surface area (Å²) in [7, 11) is 0. The van der Waals surface area contributed by atoms with E-state index in [0.29, 0.717) is 19.3 Å². The molecule has 0 aliphatic carbocycles. The second-order valence-electron chi connectivity index (χ2n) is 19.9. The van der Waals surface area contributed by atoms with Crippen LogP contribution >= 0.6 is 0 Å². The van der Waals surface area contributed by atoms with Crippen LogP contribution in [0.5, 0.6) is 0 Å². The fourth-order valence-electron chi connectivity index (χ4n) is 8.38. The molecule has 1 aliphatic heterocycles. The summed E-state index contributed by atoms with van der Waals surface area (Å²) in [6.07, 6.45) is 52.6. The molecule has 0 radical (unpaired) electrons. The molecule has 1 fully saturated rings. The fourth-order valence-corrected chi connectivity index (χ4v) is 8.38. The molecule has 0 saturated carbocycles. The van der Waals surface area contributed by atoms with E-state index in [1.807, 2.05) is 0 Å². The van der Waals surface area contributed by atoms with Crippen LogP contribution in [0.1, 0.15) is 239 Å². The summed E-state index contributed by atoms with van der Waals surface area (Å²) >= 11 is 0. The topological polar surface area (TPSA) is 175 Å². The quantitative estimate of drug-likeness (QED) is 0.0228. The van der Waals surface area contributed by atoms with Crippen molar-refractivity contribution < 1.29 is 58.2 Å². The lowest BCUT2D eigenvalue weighted by molar-refractivity contribution is -0.301. The second-order valence-corrected chi connectivity index (χ2v) is 19.9. The summed E-state index contributed by atoms with van der Waals surface area (Å²) in [4.78, 5) is 51.1. The molecular formula is C63H104O12. The van der Waals surface area contributed by atoms with Gasteiger partial charge in [-0.25, -0.2) is 4.79 Å². The summed E-state index contributed by atoms with van der Waals surface area (Å²) in [5.74, 6) is -3.19. The summed E-state index contributed by atoms with van der Waals surface area (Å²) < 4.78 is 28.4. The van der Waals surface area contributed by atoms with Gasteiger partial charge in [0.25, 0.3) is 0 Å². The highest BCUT2D eigenvalue weighted by Gasteiger charge is 2.50. The first-order chi connectivity index (χ1) is 36.6.